The summed E-state index contributed by atoms with van der Waals surface area (Å²) in [5, 5.41) is 3.95. The lowest BCUT2D eigenvalue weighted by Gasteiger charge is -2.03. The average molecular weight is 230 g/mol. The molecule has 0 aliphatic rings. The number of nitrogens with two attached hydrogens (primary N) is 1. The zero-order valence-corrected chi connectivity index (χ0v) is 8.91. The highest BCUT2D eigenvalue weighted by Gasteiger charge is 2.10. The van der Waals surface area contributed by atoms with Crippen molar-refractivity contribution >= 4 is 11.7 Å². The molecule has 0 radical (unpaired) electrons. The number of ketones is 1. The van der Waals surface area contributed by atoms with Crippen molar-refractivity contribution in [1.29, 1.82) is 0 Å². The lowest BCUT2D eigenvalue weighted by molar-refractivity contribution is -0.117. The molecule has 1 heterocycles. The molecule has 0 aliphatic heterocycles. The Morgan fingerprint density at radius 2 is 2.18 bits per heavy atom. The Labute approximate surface area is 97.1 Å². The Morgan fingerprint density at radius 1 is 1.35 bits per heavy atom. The molecule has 1 amide bonds. The third-order valence-electron chi connectivity index (χ3n) is 2.19. The first-order chi connectivity index (χ1) is 8.16. The first-order valence-corrected chi connectivity index (χ1v) is 4.93. The van der Waals surface area contributed by atoms with Crippen LogP contribution in [-0.4, -0.2) is 26.5 Å². The van der Waals surface area contributed by atoms with Gasteiger partial charge in [-0.1, -0.05) is 12.1 Å². The maximum absolute atomic E-state index is 11.6. The fraction of sp³-hybridized carbons (Fsp3) is 0.0909. The summed E-state index contributed by atoms with van der Waals surface area (Å²) in [6.07, 6.45) is 2.64. The first kappa shape index (κ1) is 11.0. The molecule has 0 unspecified atom stereocenters. The zero-order valence-electron chi connectivity index (χ0n) is 8.91. The molecule has 0 saturated carbocycles. The van der Waals surface area contributed by atoms with Gasteiger partial charge in [0, 0.05) is 5.56 Å². The van der Waals surface area contributed by atoms with Gasteiger partial charge < -0.3 is 5.73 Å². The summed E-state index contributed by atoms with van der Waals surface area (Å²) in [5.74, 6) is -0.944. The number of benzene rings is 1. The van der Waals surface area contributed by atoms with Gasteiger partial charge in [0.25, 0.3) is 0 Å². The highest BCUT2D eigenvalue weighted by atomic mass is 16.2. The molecule has 2 N–H and O–H groups in total. The van der Waals surface area contributed by atoms with Crippen molar-refractivity contribution in [2.45, 2.75) is 6.42 Å². The molecule has 0 saturated heterocycles. The predicted molar refractivity (Wildman–Crippen MR) is 59.5 cm³/mol. The summed E-state index contributed by atoms with van der Waals surface area (Å²) in [7, 11) is 0. The molecular weight excluding hydrogens is 220 g/mol. The molecule has 1 aromatic heterocycles. The molecule has 6 nitrogen and oxygen atoms in total. The van der Waals surface area contributed by atoms with Gasteiger partial charge in [0.2, 0.25) is 5.91 Å². The van der Waals surface area contributed by atoms with Crippen LogP contribution in [0.2, 0.25) is 0 Å². The summed E-state index contributed by atoms with van der Waals surface area (Å²) in [6.45, 7) is 0. The van der Waals surface area contributed by atoms with E-state index in [1.807, 2.05) is 0 Å². The molecule has 2 aromatic rings. The second-order valence-corrected chi connectivity index (χ2v) is 3.46. The average Bonchev–Trinajstić information content (AvgIpc) is 2.82. The van der Waals surface area contributed by atoms with Crippen molar-refractivity contribution in [3.63, 3.8) is 0 Å². The van der Waals surface area contributed by atoms with Gasteiger partial charge in [-0.25, -0.2) is 9.67 Å². The van der Waals surface area contributed by atoms with Crippen molar-refractivity contribution in [2.24, 2.45) is 5.73 Å². The van der Waals surface area contributed by atoms with E-state index in [-0.39, 0.29) is 12.2 Å². The minimum absolute atomic E-state index is 0.291. The van der Waals surface area contributed by atoms with Crippen LogP contribution in [0, 0.1) is 0 Å². The Hall–Kier alpha value is -2.50. The molecule has 0 aliphatic carbocycles. The summed E-state index contributed by atoms with van der Waals surface area (Å²) < 4.78 is 1.53. The van der Waals surface area contributed by atoms with Crippen molar-refractivity contribution in [3.8, 4) is 5.69 Å². The molecule has 0 spiro atoms. The minimum atomic E-state index is -0.638. The lowest BCUT2D eigenvalue weighted by Crippen LogP contribution is -2.16. The van der Waals surface area contributed by atoms with Gasteiger partial charge in [-0.05, 0) is 12.1 Å². The van der Waals surface area contributed by atoms with E-state index >= 15 is 0 Å². The van der Waals surface area contributed by atoms with Crippen LogP contribution in [0.3, 0.4) is 0 Å². The van der Waals surface area contributed by atoms with Crippen LogP contribution in [0.1, 0.15) is 16.8 Å². The molecular formula is C11H10N4O2. The molecule has 0 atom stereocenters. The topological polar surface area (TPSA) is 90.9 Å². The third kappa shape index (κ3) is 2.54. The maximum Gasteiger partial charge on any atom is 0.225 e. The SMILES string of the molecule is NC(=O)CC(=O)c1cccc(-n2cncn2)c1. The molecule has 0 fully saturated rings. The monoisotopic (exact) mass is 230 g/mol. The van der Waals surface area contributed by atoms with E-state index < -0.39 is 5.91 Å². The highest BCUT2D eigenvalue weighted by Crippen LogP contribution is 2.10. The number of carbonyl (C=O) groups excluding carboxylic acids is 2. The summed E-state index contributed by atoms with van der Waals surface area (Å²) in [4.78, 5) is 26.1. The maximum atomic E-state index is 11.6. The number of hydrogen-bond acceptors (Lipinski definition) is 4. The van der Waals surface area contributed by atoms with Crippen molar-refractivity contribution < 1.29 is 9.59 Å². The van der Waals surface area contributed by atoms with Crippen LogP contribution in [0.15, 0.2) is 36.9 Å². The Kier molecular flexibility index (Phi) is 2.95. The normalized spacial score (nSPS) is 10.1. The summed E-state index contributed by atoms with van der Waals surface area (Å²) in [5.41, 5.74) is 6.11. The molecule has 0 bridgehead atoms. The van der Waals surface area contributed by atoms with Gasteiger partial charge in [0.15, 0.2) is 5.78 Å². The quantitative estimate of drug-likeness (QED) is 0.605. The van der Waals surface area contributed by atoms with Crippen molar-refractivity contribution in [3.05, 3.63) is 42.5 Å². The number of primary amides is 1. The number of carbonyl (C=O) groups is 2. The van der Waals surface area contributed by atoms with Crippen LogP contribution in [-0.2, 0) is 4.79 Å². The first-order valence-electron chi connectivity index (χ1n) is 4.93. The van der Waals surface area contributed by atoms with Crippen molar-refractivity contribution in [1.82, 2.24) is 14.8 Å². The third-order valence-corrected chi connectivity index (χ3v) is 2.19. The van der Waals surface area contributed by atoms with E-state index in [4.69, 9.17) is 5.73 Å². The second kappa shape index (κ2) is 4.56. The van der Waals surface area contributed by atoms with E-state index in [0.29, 0.717) is 11.3 Å². The number of Topliss-reactive ketones (excluding diaryl/α,β-unsaturated/α-hetero) is 1. The fourth-order valence-electron chi connectivity index (χ4n) is 1.42. The lowest BCUT2D eigenvalue weighted by atomic mass is 10.1. The van der Waals surface area contributed by atoms with Gasteiger partial charge in [-0.2, -0.15) is 5.10 Å². The van der Waals surface area contributed by atoms with Crippen LogP contribution >= 0.6 is 0 Å². The molecule has 6 heteroatoms. The van der Waals surface area contributed by atoms with Gasteiger partial charge >= 0.3 is 0 Å². The molecule has 86 valence electrons. The zero-order chi connectivity index (χ0) is 12.3. The smallest absolute Gasteiger partial charge is 0.225 e. The van der Waals surface area contributed by atoms with E-state index in [1.165, 1.54) is 17.3 Å². The molecule has 17 heavy (non-hydrogen) atoms. The van der Waals surface area contributed by atoms with E-state index in [1.54, 1.807) is 24.3 Å². The van der Waals surface area contributed by atoms with Crippen LogP contribution in [0.25, 0.3) is 5.69 Å². The van der Waals surface area contributed by atoms with Gasteiger partial charge in [-0.15, -0.1) is 0 Å². The Bertz CT molecular complexity index is 548. The van der Waals surface area contributed by atoms with Crippen LogP contribution in [0.5, 0.6) is 0 Å². The van der Waals surface area contributed by atoms with Gasteiger partial charge in [-0.3, -0.25) is 9.59 Å². The standard InChI is InChI=1S/C11H10N4O2/c12-11(17)5-10(16)8-2-1-3-9(4-8)15-7-13-6-14-15/h1-4,6-7H,5H2,(H2,12,17). The Morgan fingerprint density at radius 3 is 2.82 bits per heavy atom. The van der Waals surface area contributed by atoms with Crippen LogP contribution in [0.4, 0.5) is 0 Å². The molecule has 1 aromatic carbocycles. The van der Waals surface area contributed by atoms with E-state index in [9.17, 15) is 9.59 Å². The summed E-state index contributed by atoms with van der Waals surface area (Å²) in [6, 6.07) is 6.77. The Balaban J connectivity index is 2.29. The second-order valence-electron chi connectivity index (χ2n) is 3.46. The molecule has 2 rings (SSSR count). The fourth-order valence-corrected chi connectivity index (χ4v) is 1.42. The van der Waals surface area contributed by atoms with E-state index in [0.717, 1.165) is 0 Å². The van der Waals surface area contributed by atoms with Crippen LogP contribution < -0.4 is 5.73 Å². The number of nitrogens with zero attached hydrogens (tertiary/aromatic N) is 3. The predicted octanol–water partition coefficient (Wildman–Crippen LogP) is 0.325. The van der Waals surface area contributed by atoms with E-state index in [2.05, 4.69) is 10.1 Å². The largest absolute Gasteiger partial charge is 0.369 e. The van der Waals surface area contributed by atoms with Gasteiger partial charge in [0.1, 0.15) is 12.7 Å². The number of hydrogen-bond donors (Lipinski definition) is 1. The number of amides is 1. The number of rotatable bonds is 4. The summed E-state index contributed by atoms with van der Waals surface area (Å²) >= 11 is 0. The minimum Gasteiger partial charge on any atom is -0.369 e. The highest BCUT2D eigenvalue weighted by molar-refractivity contribution is 6.07. The van der Waals surface area contributed by atoms with Crippen molar-refractivity contribution in [2.75, 3.05) is 0 Å². The van der Waals surface area contributed by atoms with Gasteiger partial charge in [0.05, 0.1) is 12.1 Å². The number of aromatic nitrogens is 3.